The van der Waals surface area contributed by atoms with E-state index in [0.717, 1.165) is 18.4 Å². The molecule has 0 spiro atoms. The summed E-state index contributed by atoms with van der Waals surface area (Å²) in [5.74, 6) is -2.51. The topological polar surface area (TPSA) is 106 Å². The van der Waals surface area contributed by atoms with Gasteiger partial charge < -0.3 is 20.7 Å². The number of benzene rings is 1. The molecule has 0 radical (unpaired) electrons. The molecule has 164 valence electrons. The summed E-state index contributed by atoms with van der Waals surface area (Å²) in [6.07, 6.45) is 4.06. The lowest BCUT2D eigenvalue weighted by Crippen LogP contribution is -2.39. The number of carbonyl (C=O) groups excluding carboxylic acids is 1. The zero-order valence-corrected chi connectivity index (χ0v) is 16.9. The Hall–Kier alpha value is -3.30. The number of aryl methyl sites for hydroxylation is 1. The van der Waals surface area contributed by atoms with Crippen molar-refractivity contribution in [1.82, 2.24) is 9.97 Å². The molecule has 3 N–H and O–H groups in total. The first-order chi connectivity index (χ1) is 14.9. The summed E-state index contributed by atoms with van der Waals surface area (Å²) in [7, 11) is 0. The molecule has 4 rings (SSSR count). The number of nitrogens with zero attached hydrogens (tertiary/aromatic N) is 4. The van der Waals surface area contributed by atoms with Crippen molar-refractivity contribution < 1.29 is 18.3 Å². The minimum absolute atomic E-state index is 0.0855. The molecule has 3 heterocycles. The predicted molar refractivity (Wildman–Crippen MR) is 113 cm³/mol. The van der Waals surface area contributed by atoms with E-state index in [9.17, 15) is 13.6 Å². The number of nitrogens with two attached hydrogens (primary N) is 1. The Balaban J connectivity index is 1.29. The van der Waals surface area contributed by atoms with Crippen LogP contribution in [0.1, 0.15) is 35.3 Å². The van der Waals surface area contributed by atoms with Crippen LogP contribution < -0.4 is 16.0 Å². The number of alkyl halides is 2. The fraction of sp³-hybridized carbons (Fsp3) is 0.429. The molecule has 1 aromatic carbocycles. The first-order valence-electron chi connectivity index (χ1n) is 10.2. The van der Waals surface area contributed by atoms with E-state index in [-0.39, 0.29) is 49.6 Å². The van der Waals surface area contributed by atoms with Gasteiger partial charge in [0.2, 0.25) is 0 Å². The third-order valence-corrected chi connectivity index (χ3v) is 5.40. The summed E-state index contributed by atoms with van der Waals surface area (Å²) < 4.78 is 31.7. The number of halogens is 2. The number of amidine groups is 1. The van der Waals surface area contributed by atoms with Crippen LogP contribution in [0.15, 0.2) is 41.7 Å². The Morgan fingerprint density at radius 3 is 2.55 bits per heavy atom. The molecule has 2 aliphatic rings. The van der Waals surface area contributed by atoms with E-state index in [2.05, 4.69) is 20.3 Å². The third kappa shape index (κ3) is 5.44. The van der Waals surface area contributed by atoms with Crippen LogP contribution in [0.3, 0.4) is 0 Å². The van der Waals surface area contributed by atoms with Gasteiger partial charge >= 0.3 is 0 Å². The molecule has 1 amide bonds. The maximum atomic E-state index is 13.3. The van der Waals surface area contributed by atoms with Crippen LogP contribution in [0.2, 0.25) is 0 Å². The van der Waals surface area contributed by atoms with Gasteiger partial charge in [-0.15, -0.1) is 0 Å². The molecule has 1 atom stereocenters. The lowest BCUT2D eigenvalue weighted by atomic mass is 10.1. The second-order valence-electron chi connectivity index (χ2n) is 7.72. The number of amides is 1. The Labute approximate surface area is 178 Å². The summed E-state index contributed by atoms with van der Waals surface area (Å²) in [5.41, 5.74) is 7.43. The van der Waals surface area contributed by atoms with Crippen molar-refractivity contribution in [3.8, 4) is 0 Å². The van der Waals surface area contributed by atoms with Crippen molar-refractivity contribution in [2.24, 2.45) is 10.7 Å². The van der Waals surface area contributed by atoms with E-state index < -0.39 is 5.92 Å². The average molecular weight is 430 g/mol. The number of aliphatic imine (C=N–C) groups is 1. The third-order valence-electron chi connectivity index (χ3n) is 5.40. The SMILES string of the molecule is NC1=N[C@@H](CCc2ccc(NC(=O)c3cnc(N4CCC(F)(F)CC4)cn3)cc2)CO1. The van der Waals surface area contributed by atoms with Crippen molar-refractivity contribution in [2.75, 3.05) is 29.9 Å². The number of nitrogens with one attached hydrogen (secondary N) is 1. The van der Waals surface area contributed by atoms with E-state index in [1.165, 1.54) is 12.4 Å². The second kappa shape index (κ2) is 8.83. The molecule has 0 saturated carbocycles. The molecule has 2 aromatic rings. The molecule has 0 bridgehead atoms. The molecule has 2 aliphatic heterocycles. The Kier molecular flexibility index (Phi) is 5.97. The summed E-state index contributed by atoms with van der Waals surface area (Å²) >= 11 is 0. The van der Waals surface area contributed by atoms with Crippen LogP contribution in [-0.2, 0) is 11.2 Å². The van der Waals surface area contributed by atoms with Gasteiger partial charge in [-0.25, -0.2) is 23.7 Å². The highest BCUT2D eigenvalue weighted by atomic mass is 19.3. The standard InChI is InChI=1S/C21H24F2N6O2/c22-21(23)7-9-29(10-8-21)18-12-25-17(11-26-18)19(30)27-15-4-1-14(2-5-15)3-6-16-13-31-20(24)28-16/h1-2,4-5,11-12,16H,3,6-10,13H2,(H2,24,28)(H,27,30)/t16-/m0/s1. The molecule has 0 unspecified atom stereocenters. The molecule has 1 fully saturated rings. The first-order valence-corrected chi connectivity index (χ1v) is 10.2. The number of carbonyl (C=O) groups is 1. The van der Waals surface area contributed by atoms with Gasteiger partial charge in [0.25, 0.3) is 17.9 Å². The molecule has 1 aromatic heterocycles. The molecule has 10 heteroatoms. The normalized spacial score (nSPS) is 20.1. The summed E-state index contributed by atoms with van der Waals surface area (Å²) in [6.45, 7) is 0.949. The van der Waals surface area contributed by atoms with E-state index in [0.29, 0.717) is 18.1 Å². The lowest BCUT2D eigenvalue weighted by Gasteiger charge is -2.32. The summed E-state index contributed by atoms with van der Waals surface area (Å²) in [4.78, 5) is 26.8. The number of hydrogen-bond acceptors (Lipinski definition) is 7. The van der Waals surface area contributed by atoms with E-state index in [1.54, 1.807) is 4.90 Å². The lowest BCUT2D eigenvalue weighted by molar-refractivity contribution is -0.0221. The number of ether oxygens (including phenoxy) is 1. The van der Waals surface area contributed by atoms with Crippen molar-refractivity contribution in [2.45, 2.75) is 37.6 Å². The van der Waals surface area contributed by atoms with Gasteiger partial charge in [0.1, 0.15) is 18.1 Å². The quantitative estimate of drug-likeness (QED) is 0.730. The van der Waals surface area contributed by atoms with Crippen molar-refractivity contribution >= 4 is 23.4 Å². The van der Waals surface area contributed by atoms with Gasteiger partial charge in [-0.05, 0) is 30.5 Å². The number of aromatic nitrogens is 2. The predicted octanol–water partition coefficient (Wildman–Crippen LogP) is 2.61. The van der Waals surface area contributed by atoms with Crippen LogP contribution in [0.4, 0.5) is 20.3 Å². The fourth-order valence-electron chi connectivity index (χ4n) is 3.53. The van der Waals surface area contributed by atoms with Crippen LogP contribution in [0, 0.1) is 0 Å². The summed E-state index contributed by atoms with van der Waals surface area (Å²) in [6, 6.07) is 7.87. The Bertz CT molecular complexity index is 939. The fourth-order valence-corrected chi connectivity index (χ4v) is 3.53. The number of piperidine rings is 1. The highest BCUT2D eigenvalue weighted by Gasteiger charge is 2.34. The Morgan fingerprint density at radius 2 is 1.94 bits per heavy atom. The maximum Gasteiger partial charge on any atom is 0.282 e. The van der Waals surface area contributed by atoms with E-state index >= 15 is 0 Å². The number of anilines is 2. The number of hydrogen-bond donors (Lipinski definition) is 2. The van der Waals surface area contributed by atoms with Crippen LogP contribution in [0.5, 0.6) is 0 Å². The smallest absolute Gasteiger partial charge is 0.282 e. The molecule has 31 heavy (non-hydrogen) atoms. The van der Waals surface area contributed by atoms with E-state index in [4.69, 9.17) is 10.5 Å². The monoisotopic (exact) mass is 430 g/mol. The largest absolute Gasteiger partial charge is 0.463 e. The van der Waals surface area contributed by atoms with Crippen LogP contribution in [-0.4, -0.2) is 53.6 Å². The van der Waals surface area contributed by atoms with Crippen molar-refractivity contribution in [3.63, 3.8) is 0 Å². The molecular formula is C21H24F2N6O2. The zero-order valence-electron chi connectivity index (χ0n) is 16.9. The first kappa shape index (κ1) is 21.0. The highest BCUT2D eigenvalue weighted by molar-refractivity contribution is 6.02. The van der Waals surface area contributed by atoms with Crippen LogP contribution in [0.25, 0.3) is 0 Å². The van der Waals surface area contributed by atoms with Gasteiger partial charge in [-0.2, -0.15) is 0 Å². The van der Waals surface area contributed by atoms with E-state index in [1.807, 2.05) is 24.3 Å². The molecule has 0 aliphatic carbocycles. The average Bonchev–Trinajstić information content (AvgIpc) is 3.18. The minimum Gasteiger partial charge on any atom is -0.463 e. The van der Waals surface area contributed by atoms with Gasteiger partial charge in [0.15, 0.2) is 0 Å². The molecular weight excluding hydrogens is 406 g/mol. The summed E-state index contributed by atoms with van der Waals surface area (Å²) in [5, 5.41) is 2.79. The Morgan fingerprint density at radius 1 is 1.19 bits per heavy atom. The maximum absolute atomic E-state index is 13.3. The van der Waals surface area contributed by atoms with Crippen LogP contribution >= 0.6 is 0 Å². The van der Waals surface area contributed by atoms with Gasteiger partial charge in [0, 0.05) is 31.6 Å². The highest BCUT2D eigenvalue weighted by Crippen LogP contribution is 2.29. The molecule has 1 saturated heterocycles. The van der Waals surface area contributed by atoms with Gasteiger partial charge in [-0.1, -0.05) is 12.1 Å². The minimum atomic E-state index is -2.62. The zero-order chi connectivity index (χ0) is 21.8. The van der Waals surface area contributed by atoms with Gasteiger partial charge in [0.05, 0.1) is 18.4 Å². The second-order valence-corrected chi connectivity index (χ2v) is 7.72. The van der Waals surface area contributed by atoms with Gasteiger partial charge in [-0.3, -0.25) is 4.79 Å². The number of rotatable bonds is 6. The molecule has 8 nitrogen and oxygen atoms in total. The van der Waals surface area contributed by atoms with Crippen molar-refractivity contribution in [1.29, 1.82) is 0 Å². The van der Waals surface area contributed by atoms with Crippen molar-refractivity contribution in [3.05, 3.63) is 47.9 Å².